The number of rotatable bonds is 4. The van der Waals surface area contributed by atoms with Crippen molar-refractivity contribution in [2.24, 2.45) is 5.92 Å². The Morgan fingerprint density at radius 1 is 1.11 bits per heavy atom. The third-order valence-electron chi connectivity index (χ3n) is 5.92. The van der Waals surface area contributed by atoms with Crippen LogP contribution >= 0.6 is 11.8 Å². The molecule has 0 amide bonds. The Labute approximate surface area is 172 Å². The van der Waals surface area contributed by atoms with Gasteiger partial charge in [0.2, 0.25) is 10.0 Å². The fraction of sp³-hybridized carbons (Fsp3) is 0.455. The number of fused-ring (bicyclic) bond motifs is 2. The van der Waals surface area contributed by atoms with Crippen LogP contribution in [0.3, 0.4) is 0 Å². The fourth-order valence-electron chi connectivity index (χ4n) is 4.12. The summed E-state index contributed by atoms with van der Waals surface area (Å²) in [5.74, 6) is 0.349. The zero-order chi connectivity index (χ0) is 19.9. The summed E-state index contributed by atoms with van der Waals surface area (Å²) in [5, 5.41) is 0. The van der Waals surface area contributed by atoms with E-state index >= 15 is 0 Å². The molecule has 6 heteroatoms. The van der Waals surface area contributed by atoms with Crippen LogP contribution in [0.25, 0.3) is 0 Å². The quantitative estimate of drug-likeness (QED) is 0.796. The van der Waals surface area contributed by atoms with Crippen molar-refractivity contribution < 1.29 is 13.2 Å². The molecule has 150 valence electrons. The number of sulfonamides is 1. The van der Waals surface area contributed by atoms with E-state index in [1.54, 1.807) is 11.8 Å². The van der Waals surface area contributed by atoms with Gasteiger partial charge in [0, 0.05) is 35.0 Å². The van der Waals surface area contributed by atoms with Crippen LogP contribution < -0.4 is 4.72 Å². The van der Waals surface area contributed by atoms with Gasteiger partial charge >= 0.3 is 0 Å². The molecule has 0 aliphatic carbocycles. The van der Waals surface area contributed by atoms with Gasteiger partial charge in [-0.15, -0.1) is 0 Å². The number of nitrogens with one attached hydrogen (secondary N) is 1. The zero-order valence-corrected chi connectivity index (χ0v) is 18.3. The van der Waals surface area contributed by atoms with E-state index in [1.807, 2.05) is 19.1 Å². The fourth-order valence-corrected chi connectivity index (χ4v) is 6.98. The Morgan fingerprint density at radius 2 is 1.82 bits per heavy atom. The molecule has 2 heterocycles. The van der Waals surface area contributed by atoms with E-state index in [0.29, 0.717) is 17.4 Å². The second kappa shape index (κ2) is 7.48. The Bertz CT molecular complexity index is 993. The van der Waals surface area contributed by atoms with Crippen LogP contribution in [0.2, 0.25) is 0 Å². The van der Waals surface area contributed by atoms with Crippen molar-refractivity contribution in [3.8, 4) is 0 Å². The Morgan fingerprint density at radius 3 is 2.57 bits per heavy atom. The van der Waals surface area contributed by atoms with Gasteiger partial charge in [-0.05, 0) is 54.5 Å². The third kappa shape index (κ3) is 3.63. The van der Waals surface area contributed by atoms with Crippen LogP contribution in [-0.2, 0) is 20.2 Å². The highest BCUT2D eigenvalue weighted by molar-refractivity contribution is 7.99. The number of hydrogen-bond donors (Lipinski definition) is 1. The average Bonchev–Trinajstić information content (AvgIpc) is 2.68. The first-order chi connectivity index (χ1) is 13.3. The summed E-state index contributed by atoms with van der Waals surface area (Å²) >= 11 is 1.66. The van der Waals surface area contributed by atoms with Gasteiger partial charge in [0.05, 0.1) is 4.90 Å². The van der Waals surface area contributed by atoms with E-state index in [1.165, 1.54) is 16.0 Å². The van der Waals surface area contributed by atoms with Crippen molar-refractivity contribution in [1.29, 1.82) is 0 Å². The van der Waals surface area contributed by atoms with Crippen molar-refractivity contribution in [3.05, 3.63) is 53.1 Å². The minimum atomic E-state index is -3.54. The van der Waals surface area contributed by atoms with Crippen molar-refractivity contribution >= 4 is 21.8 Å². The smallest absolute Gasteiger partial charge is 0.240 e. The highest BCUT2D eigenvalue weighted by Crippen LogP contribution is 2.49. The molecule has 0 aromatic heterocycles. The first-order valence-electron chi connectivity index (χ1n) is 9.79. The number of benzene rings is 2. The second-order valence-corrected chi connectivity index (χ2v) is 11.1. The molecule has 1 N–H and O–H groups in total. The second-order valence-electron chi connectivity index (χ2n) is 8.24. The predicted molar refractivity (Wildman–Crippen MR) is 113 cm³/mol. The maximum atomic E-state index is 13.0. The molecule has 28 heavy (non-hydrogen) atoms. The van der Waals surface area contributed by atoms with Crippen molar-refractivity contribution in [2.45, 2.75) is 53.7 Å². The van der Waals surface area contributed by atoms with Gasteiger partial charge in [0.1, 0.15) is 0 Å². The SMILES string of the molecule is Cc1cc2c(cc1S(=O)(=O)NCC1CCOCC1)Sc1ccccc1C2(C)C. The molecule has 2 aromatic rings. The molecule has 1 fully saturated rings. The molecule has 0 radical (unpaired) electrons. The van der Waals surface area contributed by atoms with E-state index in [0.717, 1.165) is 36.5 Å². The van der Waals surface area contributed by atoms with Gasteiger partial charge in [0.25, 0.3) is 0 Å². The number of ether oxygens (including phenoxy) is 1. The standard InChI is InChI=1S/C22H27NO3S2/c1-15-12-18-20(27-19-7-5-4-6-17(19)22(18,2)3)13-21(15)28(24,25)23-14-16-8-10-26-11-9-16/h4-7,12-13,16,23H,8-11,14H2,1-3H3. The molecule has 2 aromatic carbocycles. The van der Waals surface area contributed by atoms with Crippen LogP contribution in [0.15, 0.2) is 51.1 Å². The molecule has 4 rings (SSSR count). The molecule has 2 aliphatic rings. The maximum absolute atomic E-state index is 13.0. The van der Waals surface area contributed by atoms with Crippen LogP contribution in [-0.4, -0.2) is 28.2 Å². The zero-order valence-electron chi connectivity index (χ0n) is 16.6. The molecule has 0 spiro atoms. The first-order valence-corrected chi connectivity index (χ1v) is 12.1. The molecule has 0 bridgehead atoms. The van der Waals surface area contributed by atoms with Crippen molar-refractivity contribution in [3.63, 3.8) is 0 Å². The largest absolute Gasteiger partial charge is 0.381 e. The molecule has 0 atom stereocenters. The highest BCUT2D eigenvalue weighted by Gasteiger charge is 2.34. The van der Waals surface area contributed by atoms with Crippen LogP contribution in [0.4, 0.5) is 0 Å². The summed E-state index contributed by atoms with van der Waals surface area (Å²) in [6.45, 7) is 8.22. The van der Waals surface area contributed by atoms with Crippen LogP contribution in [0.1, 0.15) is 43.4 Å². The van der Waals surface area contributed by atoms with Gasteiger partial charge in [-0.3, -0.25) is 0 Å². The number of aryl methyl sites for hydroxylation is 1. The Balaban J connectivity index is 1.65. The number of hydrogen-bond acceptors (Lipinski definition) is 4. The lowest BCUT2D eigenvalue weighted by Crippen LogP contribution is -2.33. The monoisotopic (exact) mass is 417 g/mol. The van der Waals surface area contributed by atoms with E-state index in [-0.39, 0.29) is 5.41 Å². The van der Waals surface area contributed by atoms with Gasteiger partial charge in [-0.2, -0.15) is 0 Å². The molecule has 1 saturated heterocycles. The van der Waals surface area contributed by atoms with Gasteiger partial charge in [-0.25, -0.2) is 13.1 Å². The summed E-state index contributed by atoms with van der Waals surface area (Å²) in [6.07, 6.45) is 1.82. The lowest BCUT2D eigenvalue weighted by Gasteiger charge is -2.35. The van der Waals surface area contributed by atoms with E-state index < -0.39 is 10.0 Å². The molecule has 0 saturated carbocycles. The van der Waals surface area contributed by atoms with Gasteiger partial charge in [-0.1, -0.05) is 49.9 Å². The summed E-state index contributed by atoms with van der Waals surface area (Å²) in [4.78, 5) is 2.61. The minimum Gasteiger partial charge on any atom is -0.381 e. The lowest BCUT2D eigenvalue weighted by atomic mass is 9.77. The van der Waals surface area contributed by atoms with Crippen molar-refractivity contribution in [1.82, 2.24) is 4.72 Å². The third-order valence-corrected chi connectivity index (χ3v) is 8.62. The summed E-state index contributed by atoms with van der Waals surface area (Å²) < 4.78 is 34.3. The summed E-state index contributed by atoms with van der Waals surface area (Å²) in [7, 11) is -3.54. The molecule has 0 unspecified atom stereocenters. The topological polar surface area (TPSA) is 55.4 Å². The van der Waals surface area contributed by atoms with Crippen LogP contribution in [0, 0.1) is 12.8 Å². The van der Waals surface area contributed by atoms with Crippen LogP contribution in [0.5, 0.6) is 0 Å². The van der Waals surface area contributed by atoms with Crippen molar-refractivity contribution in [2.75, 3.05) is 19.8 Å². The minimum absolute atomic E-state index is 0.153. The van der Waals surface area contributed by atoms with E-state index in [9.17, 15) is 8.42 Å². The van der Waals surface area contributed by atoms with Gasteiger partial charge < -0.3 is 4.74 Å². The summed E-state index contributed by atoms with van der Waals surface area (Å²) in [5.41, 5.74) is 3.13. The Kier molecular flexibility index (Phi) is 5.33. The van der Waals surface area contributed by atoms with E-state index in [2.05, 4.69) is 42.8 Å². The first kappa shape index (κ1) is 20.0. The van der Waals surface area contributed by atoms with Gasteiger partial charge in [0.15, 0.2) is 0 Å². The molecular formula is C22H27NO3S2. The normalized spacial score (nSPS) is 19.1. The average molecular weight is 418 g/mol. The Hall–Kier alpha value is -1.34. The predicted octanol–water partition coefficient (Wildman–Crippen LogP) is 4.49. The molecule has 2 aliphatic heterocycles. The molecular weight excluding hydrogens is 390 g/mol. The summed E-state index contributed by atoms with van der Waals surface area (Å²) in [6, 6.07) is 12.3. The lowest BCUT2D eigenvalue weighted by molar-refractivity contribution is 0.0678. The van der Waals surface area contributed by atoms with E-state index in [4.69, 9.17) is 4.74 Å². The maximum Gasteiger partial charge on any atom is 0.240 e. The highest BCUT2D eigenvalue weighted by atomic mass is 32.2. The molecule has 4 nitrogen and oxygen atoms in total.